The minimum atomic E-state index is -0.175. The summed E-state index contributed by atoms with van der Waals surface area (Å²) < 4.78 is -0.0187. The molecule has 0 fully saturated rings. The molecule has 20 heavy (non-hydrogen) atoms. The van der Waals surface area contributed by atoms with E-state index >= 15 is 0 Å². The third-order valence-electron chi connectivity index (χ3n) is 3.36. The first kappa shape index (κ1) is 15.2. The van der Waals surface area contributed by atoms with Crippen molar-refractivity contribution in [3.05, 3.63) is 35.4 Å². The molecule has 2 amide bonds. The lowest BCUT2D eigenvalue weighted by Crippen LogP contribution is -2.40. The SMILES string of the molecule is CC(C)(Br)CC(C)(C)CN1C(=O)c2ccccc2C1=O. The molecule has 1 aromatic rings. The molecule has 108 valence electrons. The Morgan fingerprint density at radius 1 is 1.00 bits per heavy atom. The van der Waals surface area contributed by atoms with Crippen LogP contribution in [0.4, 0.5) is 0 Å². The molecule has 0 unspecified atom stereocenters. The van der Waals surface area contributed by atoms with Crippen LogP contribution < -0.4 is 0 Å². The van der Waals surface area contributed by atoms with Crippen LogP contribution in [0.1, 0.15) is 54.8 Å². The molecule has 0 N–H and O–H groups in total. The summed E-state index contributed by atoms with van der Waals surface area (Å²) in [5.74, 6) is -0.350. The highest BCUT2D eigenvalue weighted by Crippen LogP contribution is 2.35. The Morgan fingerprint density at radius 3 is 1.85 bits per heavy atom. The van der Waals surface area contributed by atoms with Crippen molar-refractivity contribution in [2.24, 2.45) is 5.41 Å². The van der Waals surface area contributed by atoms with Gasteiger partial charge in [0, 0.05) is 10.9 Å². The van der Waals surface area contributed by atoms with Crippen molar-refractivity contribution in [3.63, 3.8) is 0 Å². The molecule has 0 aromatic heterocycles. The van der Waals surface area contributed by atoms with Gasteiger partial charge in [-0.15, -0.1) is 0 Å². The number of halogens is 1. The number of imide groups is 1. The number of nitrogens with zero attached hydrogens (tertiary/aromatic N) is 1. The van der Waals surface area contributed by atoms with Crippen molar-refractivity contribution >= 4 is 27.7 Å². The lowest BCUT2D eigenvalue weighted by Gasteiger charge is -2.33. The summed E-state index contributed by atoms with van der Waals surface area (Å²) in [5, 5.41) is 0. The van der Waals surface area contributed by atoms with Crippen LogP contribution in [0.25, 0.3) is 0 Å². The van der Waals surface area contributed by atoms with Crippen molar-refractivity contribution in [2.45, 2.75) is 38.4 Å². The molecule has 3 nitrogen and oxygen atoms in total. The molecule has 4 heteroatoms. The molecule has 1 aliphatic heterocycles. The smallest absolute Gasteiger partial charge is 0.261 e. The second-order valence-corrected chi connectivity index (χ2v) is 8.95. The van der Waals surface area contributed by atoms with Crippen LogP contribution >= 0.6 is 15.9 Å². The van der Waals surface area contributed by atoms with Crippen molar-refractivity contribution in [1.29, 1.82) is 0 Å². The Hall–Kier alpha value is -1.16. The molecule has 1 aliphatic rings. The second-order valence-electron chi connectivity index (χ2n) is 6.80. The third-order valence-corrected chi connectivity index (χ3v) is 3.64. The highest BCUT2D eigenvalue weighted by molar-refractivity contribution is 9.10. The zero-order chi connectivity index (χ0) is 15.1. The molecule has 0 radical (unpaired) electrons. The van der Waals surface area contributed by atoms with E-state index in [1.165, 1.54) is 4.90 Å². The maximum absolute atomic E-state index is 12.3. The monoisotopic (exact) mass is 337 g/mol. The standard InChI is InChI=1S/C16H20BrNO2/c1-15(2,9-16(3,4)17)10-18-13(19)11-7-5-6-8-12(11)14(18)20/h5-8H,9-10H2,1-4H3. The number of carbonyl (C=O) groups is 2. The molecule has 2 rings (SSSR count). The van der Waals surface area contributed by atoms with Gasteiger partial charge in [-0.2, -0.15) is 0 Å². The molecule has 0 spiro atoms. The van der Waals surface area contributed by atoms with Gasteiger partial charge in [-0.05, 0) is 24.0 Å². The first-order valence-electron chi connectivity index (χ1n) is 6.75. The van der Waals surface area contributed by atoms with Gasteiger partial charge in [0.25, 0.3) is 11.8 Å². The van der Waals surface area contributed by atoms with Crippen molar-refractivity contribution in [3.8, 4) is 0 Å². The summed E-state index contributed by atoms with van der Waals surface area (Å²) in [6.07, 6.45) is 0.868. The van der Waals surface area contributed by atoms with Crippen LogP contribution in [0, 0.1) is 5.41 Å². The molecule has 0 aliphatic carbocycles. The predicted molar refractivity (Wildman–Crippen MR) is 83.2 cm³/mol. The Labute approximate surface area is 128 Å². The molecule has 1 aromatic carbocycles. The highest BCUT2D eigenvalue weighted by Gasteiger charge is 2.39. The first-order chi connectivity index (χ1) is 9.11. The molecule has 0 saturated heterocycles. The number of hydrogen-bond acceptors (Lipinski definition) is 2. The predicted octanol–water partition coefficient (Wildman–Crippen LogP) is 3.87. The van der Waals surface area contributed by atoms with E-state index in [1.807, 2.05) is 0 Å². The summed E-state index contributed by atoms with van der Waals surface area (Å²) in [5.41, 5.74) is 0.901. The van der Waals surface area contributed by atoms with E-state index in [4.69, 9.17) is 0 Å². The normalized spacial score (nSPS) is 15.8. The first-order valence-corrected chi connectivity index (χ1v) is 7.54. The Balaban J connectivity index is 2.21. The summed E-state index contributed by atoms with van der Waals surface area (Å²) in [4.78, 5) is 26.1. The molecule has 0 bridgehead atoms. The molecular formula is C16H20BrNO2. The molecule has 0 saturated carbocycles. The topological polar surface area (TPSA) is 37.4 Å². The van der Waals surface area contributed by atoms with Gasteiger partial charge in [-0.3, -0.25) is 14.5 Å². The summed E-state index contributed by atoms with van der Waals surface area (Å²) in [6.45, 7) is 8.79. The van der Waals surface area contributed by atoms with Crippen LogP contribution in [0.2, 0.25) is 0 Å². The van der Waals surface area contributed by atoms with Gasteiger partial charge < -0.3 is 0 Å². The fourth-order valence-corrected chi connectivity index (χ4v) is 3.76. The van der Waals surface area contributed by atoms with E-state index in [-0.39, 0.29) is 21.6 Å². The number of carbonyl (C=O) groups excluding carboxylic acids is 2. The van der Waals surface area contributed by atoms with Gasteiger partial charge in [-0.1, -0.05) is 55.8 Å². The largest absolute Gasteiger partial charge is 0.274 e. The Morgan fingerprint density at radius 2 is 1.45 bits per heavy atom. The summed E-state index contributed by atoms with van der Waals surface area (Å²) in [7, 11) is 0. The van der Waals surface area contributed by atoms with Crippen LogP contribution in [0.15, 0.2) is 24.3 Å². The van der Waals surface area contributed by atoms with Crippen LogP contribution in [-0.4, -0.2) is 27.6 Å². The summed E-state index contributed by atoms with van der Waals surface area (Å²) >= 11 is 3.63. The Bertz CT molecular complexity index is 523. The van der Waals surface area contributed by atoms with Crippen LogP contribution in [-0.2, 0) is 0 Å². The van der Waals surface area contributed by atoms with Crippen molar-refractivity contribution < 1.29 is 9.59 Å². The maximum atomic E-state index is 12.3. The number of amides is 2. The number of rotatable bonds is 4. The number of fused-ring (bicyclic) bond motifs is 1. The van der Waals surface area contributed by atoms with Crippen LogP contribution in [0.5, 0.6) is 0 Å². The zero-order valence-electron chi connectivity index (χ0n) is 12.4. The molecule has 1 heterocycles. The lowest BCUT2D eigenvalue weighted by molar-refractivity contribution is 0.0579. The van der Waals surface area contributed by atoms with Gasteiger partial charge in [0.05, 0.1) is 11.1 Å². The zero-order valence-corrected chi connectivity index (χ0v) is 14.0. The van der Waals surface area contributed by atoms with Gasteiger partial charge in [0.15, 0.2) is 0 Å². The highest BCUT2D eigenvalue weighted by atomic mass is 79.9. The fourth-order valence-electron chi connectivity index (χ4n) is 3.00. The van der Waals surface area contributed by atoms with Gasteiger partial charge in [0.2, 0.25) is 0 Å². The van der Waals surface area contributed by atoms with E-state index in [0.29, 0.717) is 17.7 Å². The summed E-state index contributed by atoms with van der Waals surface area (Å²) in [6, 6.07) is 7.02. The van der Waals surface area contributed by atoms with E-state index in [9.17, 15) is 9.59 Å². The van der Waals surface area contributed by atoms with Crippen molar-refractivity contribution in [2.75, 3.05) is 6.54 Å². The number of benzene rings is 1. The lowest BCUT2D eigenvalue weighted by atomic mass is 9.83. The van der Waals surface area contributed by atoms with Crippen molar-refractivity contribution in [1.82, 2.24) is 4.90 Å². The molecule has 0 atom stereocenters. The minimum absolute atomic E-state index is 0.0187. The van der Waals surface area contributed by atoms with E-state index in [2.05, 4.69) is 43.6 Å². The second kappa shape index (κ2) is 4.99. The average Bonchev–Trinajstić information content (AvgIpc) is 2.52. The van der Waals surface area contributed by atoms with Gasteiger partial charge in [-0.25, -0.2) is 0 Å². The van der Waals surface area contributed by atoms with E-state index in [0.717, 1.165) is 6.42 Å². The molecular weight excluding hydrogens is 318 g/mol. The maximum Gasteiger partial charge on any atom is 0.261 e. The quantitative estimate of drug-likeness (QED) is 0.617. The third kappa shape index (κ3) is 3.11. The number of alkyl halides is 1. The van der Waals surface area contributed by atoms with Gasteiger partial charge >= 0.3 is 0 Å². The average molecular weight is 338 g/mol. The van der Waals surface area contributed by atoms with E-state index in [1.54, 1.807) is 24.3 Å². The van der Waals surface area contributed by atoms with Gasteiger partial charge in [0.1, 0.15) is 0 Å². The van der Waals surface area contributed by atoms with Crippen LogP contribution in [0.3, 0.4) is 0 Å². The van der Waals surface area contributed by atoms with E-state index < -0.39 is 0 Å². The Kier molecular flexibility index (Phi) is 3.80. The minimum Gasteiger partial charge on any atom is -0.274 e. The number of hydrogen-bond donors (Lipinski definition) is 0. The fraction of sp³-hybridized carbons (Fsp3) is 0.500.